The Morgan fingerprint density at radius 3 is 2.83 bits per heavy atom. The lowest BCUT2D eigenvalue weighted by molar-refractivity contribution is -0.0222. The Morgan fingerprint density at radius 1 is 1.48 bits per heavy atom. The largest absolute Gasteiger partial charge is 0.392 e. The van der Waals surface area contributed by atoms with Crippen LogP contribution in [0.25, 0.3) is 0 Å². The van der Waals surface area contributed by atoms with Crippen molar-refractivity contribution in [3.05, 3.63) is 23.8 Å². The van der Waals surface area contributed by atoms with E-state index in [9.17, 15) is 10.2 Å². The highest BCUT2D eigenvalue weighted by atomic mass is 16.6. The Morgan fingerprint density at radius 2 is 2.17 bits per heavy atom. The predicted molar refractivity (Wildman–Crippen MR) is 92.0 cm³/mol. The summed E-state index contributed by atoms with van der Waals surface area (Å²) >= 11 is 0. The Balaban J connectivity index is 1.74. The van der Waals surface area contributed by atoms with Crippen LogP contribution in [-0.4, -0.2) is 34.1 Å². The van der Waals surface area contributed by atoms with Gasteiger partial charge in [0.2, 0.25) is 0 Å². The van der Waals surface area contributed by atoms with Crippen molar-refractivity contribution in [2.75, 3.05) is 0 Å². The van der Waals surface area contributed by atoms with Gasteiger partial charge < -0.3 is 14.9 Å². The van der Waals surface area contributed by atoms with Crippen LogP contribution in [0.3, 0.4) is 0 Å². The van der Waals surface area contributed by atoms with Crippen LogP contribution in [0, 0.1) is 23.7 Å². The quantitative estimate of drug-likeness (QED) is 0.616. The van der Waals surface area contributed by atoms with Gasteiger partial charge in [0.1, 0.15) is 0 Å². The molecule has 3 rings (SSSR count). The van der Waals surface area contributed by atoms with Crippen molar-refractivity contribution in [1.29, 1.82) is 0 Å². The summed E-state index contributed by atoms with van der Waals surface area (Å²) in [5.41, 5.74) is 2.29. The minimum absolute atomic E-state index is 0.145. The summed E-state index contributed by atoms with van der Waals surface area (Å²) in [6, 6.07) is 0. The van der Waals surface area contributed by atoms with Gasteiger partial charge in [-0.1, -0.05) is 30.7 Å². The molecular weight excluding hydrogens is 288 g/mol. The number of aliphatic hydroxyl groups excluding tert-OH is 2. The summed E-state index contributed by atoms with van der Waals surface area (Å²) in [5, 5.41) is 21.4. The van der Waals surface area contributed by atoms with Gasteiger partial charge in [-0.2, -0.15) is 0 Å². The number of rotatable bonds is 4. The van der Waals surface area contributed by atoms with Gasteiger partial charge in [-0.15, -0.1) is 0 Å². The monoisotopic (exact) mass is 320 g/mol. The van der Waals surface area contributed by atoms with Crippen LogP contribution in [0.5, 0.6) is 0 Å². The zero-order valence-electron chi connectivity index (χ0n) is 15.0. The van der Waals surface area contributed by atoms with Crippen molar-refractivity contribution in [2.24, 2.45) is 23.7 Å². The first kappa shape index (κ1) is 17.2. The van der Waals surface area contributed by atoms with Crippen LogP contribution in [-0.2, 0) is 4.74 Å². The molecule has 0 aromatic carbocycles. The van der Waals surface area contributed by atoms with Gasteiger partial charge in [0.15, 0.2) is 0 Å². The molecule has 0 amide bonds. The van der Waals surface area contributed by atoms with Crippen LogP contribution < -0.4 is 0 Å². The van der Waals surface area contributed by atoms with Gasteiger partial charge >= 0.3 is 0 Å². The standard InChI is InChI=1S/C20H32O3/c1-11(2)8-14(21)9-13(4)15-7-6-12(3)16-10-17-20(5,23-17)18(16)19(15)22/h8,13-19,21-22H,3,6-7,9-10H2,1-2,4-5H3/t13-,14?,15?,16?,17?,18-,19-,20?/m1/s1. The highest BCUT2D eigenvalue weighted by molar-refractivity contribution is 5.24. The van der Waals surface area contributed by atoms with Crippen molar-refractivity contribution in [2.45, 2.75) is 77.3 Å². The molecule has 1 saturated heterocycles. The fraction of sp³-hybridized carbons (Fsp3) is 0.800. The maximum Gasteiger partial charge on any atom is 0.0979 e. The Hall–Kier alpha value is -0.640. The summed E-state index contributed by atoms with van der Waals surface area (Å²) in [5.74, 6) is 1.08. The molecule has 8 atom stereocenters. The molecule has 3 fully saturated rings. The first-order valence-electron chi connectivity index (χ1n) is 9.10. The first-order valence-corrected chi connectivity index (χ1v) is 9.10. The molecule has 2 aliphatic carbocycles. The van der Waals surface area contributed by atoms with Crippen molar-refractivity contribution in [1.82, 2.24) is 0 Å². The van der Waals surface area contributed by atoms with E-state index in [4.69, 9.17) is 4.74 Å². The summed E-state index contributed by atoms with van der Waals surface area (Å²) in [7, 11) is 0. The molecule has 3 heteroatoms. The van der Waals surface area contributed by atoms with E-state index in [1.807, 2.05) is 19.9 Å². The number of ether oxygens (including phenoxy) is 1. The Kier molecular flexibility index (Phi) is 4.50. The van der Waals surface area contributed by atoms with Crippen LogP contribution in [0.2, 0.25) is 0 Å². The topological polar surface area (TPSA) is 53.0 Å². The van der Waals surface area contributed by atoms with E-state index in [-0.39, 0.29) is 29.5 Å². The molecule has 1 aliphatic heterocycles. The van der Waals surface area contributed by atoms with Crippen molar-refractivity contribution in [3.63, 3.8) is 0 Å². The summed E-state index contributed by atoms with van der Waals surface area (Å²) in [6.45, 7) is 12.6. The first-order chi connectivity index (χ1) is 10.7. The lowest BCUT2D eigenvalue weighted by Gasteiger charge is -2.35. The van der Waals surface area contributed by atoms with Gasteiger partial charge in [-0.05, 0) is 64.2 Å². The average molecular weight is 320 g/mol. The lowest BCUT2D eigenvalue weighted by Crippen LogP contribution is -2.41. The van der Waals surface area contributed by atoms with Gasteiger partial charge in [0.05, 0.1) is 23.9 Å². The molecular formula is C20H32O3. The summed E-state index contributed by atoms with van der Waals surface area (Å²) in [4.78, 5) is 0. The van der Waals surface area contributed by atoms with E-state index < -0.39 is 6.10 Å². The van der Waals surface area contributed by atoms with E-state index in [2.05, 4.69) is 20.4 Å². The fourth-order valence-corrected chi connectivity index (χ4v) is 5.23. The number of epoxide rings is 1. The van der Waals surface area contributed by atoms with Crippen molar-refractivity contribution >= 4 is 0 Å². The zero-order valence-corrected chi connectivity index (χ0v) is 15.0. The second-order valence-electron chi connectivity index (χ2n) is 8.53. The van der Waals surface area contributed by atoms with Crippen LogP contribution in [0.1, 0.15) is 53.4 Å². The minimum atomic E-state index is -0.423. The summed E-state index contributed by atoms with van der Waals surface area (Å²) < 4.78 is 5.89. The van der Waals surface area contributed by atoms with E-state index >= 15 is 0 Å². The third-order valence-corrected chi connectivity index (χ3v) is 6.54. The molecule has 130 valence electrons. The predicted octanol–water partition coefficient (Wildman–Crippen LogP) is 3.46. The van der Waals surface area contributed by atoms with E-state index in [1.165, 1.54) is 5.57 Å². The van der Waals surface area contributed by atoms with Crippen molar-refractivity contribution < 1.29 is 14.9 Å². The van der Waals surface area contributed by atoms with Crippen LogP contribution >= 0.6 is 0 Å². The molecule has 3 nitrogen and oxygen atoms in total. The Bertz CT molecular complexity index is 507. The fourth-order valence-electron chi connectivity index (χ4n) is 5.23. The van der Waals surface area contributed by atoms with Gasteiger partial charge in [-0.25, -0.2) is 0 Å². The molecule has 0 radical (unpaired) electrons. The number of allylic oxidation sites excluding steroid dienone is 2. The molecule has 0 spiro atoms. The van der Waals surface area contributed by atoms with Gasteiger partial charge in [-0.3, -0.25) is 0 Å². The van der Waals surface area contributed by atoms with E-state index in [0.717, 1.165) is 24.8 Å². The molecule has 3 aliphatic rings. The number of fused-ring (bicyclic) bond motifs is 3. The maximum atomic E-state index is 11.1. The minimum Gasteiger partial charge on any atom is -0.392 e. The normalized spacial score (nSPS) is 44.8. The maximum absolute atomic E-state index is 11.1. The van der Waals surface area contributed by atoms with Crippen molar-refractivity contribution in [3.8, 4) is 0 Å². The van der Waals surface area contributed by atoms with Gasteiger partial charge in [0, 0.05) is 5.92 Å². The zero-order chi connectivity index (χ0) is 16.9. The molecule has 0 aromatic heterocycles. The second-order valence-corrected chi connectivity index (χ2v) is 8.53. The smallest absolute Gasteiger partial charge is 0.0979 e. The van der Waals surface area contributed by atoms with Crippen LogP contribution in [0.15, 0.2) is 23.8 Å². The third-order valence-electron chi connectivity index (χ3n) is 6.54. The molecule has 2 saturated carbocycles. The van der Waals surface area contributed by atoms with E-state index in [0.29, 0.717) is 18.4 Å². The van der Waals surface area contributed by atoms with E-state index in [1.54, 1.807) is 0 Å². The number of hydrogen-bond donors (Lipinski definition) is 2. The summed E-state index contributed by atoms with van der Waals surface area (Å²) in [6.07, 6.45) is 5.15. The number of aliphatic hydroxyl groups is 2. The van der Waals surface area contributed by atoms with Gasteiger partial charge in [0.25, 0.3) is 0 Å². The SMILES string of the molecule is C=C1CCC([C@H](C)CC(O)C=C(C)C)[C@@H](O)[C@H]2C1CC1OC12C. The number of hydrogen-bond acceptors (Lipinski definition) is 3. The molecule has 0 bridgehead atoms. The van der Waals surface area contributed by atoms with Crippen LogP contribution in [0.4, 0.5) is 0 Å². The molecule has 2 N–H and O–H groups in total. The molecule has 0 aromatic rings. The molecule has 23 heavy (non-hydrogen) atoms. The Labute approximate surface area is 140 Å². The lowest BCUT2D eigenvalue weighted by atomic mass is 9.74. The molecule has 5 unspecified atom stereocenters. The molecule has 1 heterocycles. The second kappa shape index (κ2) is 6.02. The third kappa shape index (κ3) is 3.04. The average Bonchev–Trinajstić information content (AvgIpc) is 3.01. The highest BCUT2D eigenvalue weighted by Gasteiger charge is 2.68. The highest BCUT2D eigenvalue weighted by Crippen LogP contribution is 2.61.